The first-order valence-electron chi connectivity index (χ1n) is 14.2. The second kappa shape index (κ2) is 7.93. The molecule has 4 heteroatoms. The molecule has 42 heavy (non-hydrogen) atoms. The lowest BCUT2D eigenvalue weighted by atomic mass is 9.96. The molecule has 4 nitrogen and oxygen atoms in total. The Hall–Kier alpha value is -5.74. The second-order valence-electron chi connectivity index (χ2n) is 10.9. The lowest BCUT2D eigenvalue weighted by molar-refractivity contribution is 0.669. The molecule has 4 aromatic heterocycles. The van der Waals surface area contributed by atoms with E-state index in [-0.39, 0.29) is 0 Å². The van der Waals surface area contributed by atoms with Crippen LogP contribution in [0.3, 0.4) is 0 Å². The zero-order valence-electron chi connectivity index (χ0n) is 22.4. The standard InChI is InChI=1S/C38H21N3O/c1-2-10-22(11-3-1)36-37(40-28-15-6-5-14-27(28)39-36)26-21-20-24-23-13-8-18-31-34(23)35-30(17-9-19-32(35)42-31)41-29-16-7-4-12-25(29)33(26)38(24)41/h1-21H. The van der Waals surface area contributed by atoms with Crippen LogP contribution in [-0.4, -0.2) is 14.4 Å². The SMILES string of the molecule is c1ccc(-c2nc3ccccc3nc2-c2ccc3c4cccc5oc6cccc(c6c54)n4c5ccccc5c2c34)cc1. The molecule has 0 fully saturated rings. The van der Waals surface area contributed by atoms with Crippen LogP contribution in [0.15, 0.2) is 132 Å². The molecule has 0 spiro atoms. The molecular formula is C38H21N3O. The first-order valence-corrected chi connectivity index (χ1v) is 14.2. The molecule has 10 rings (SSSR count). The quantitative estimate of drug-likeness (QED) is 0.221. The van der Waals surface area contributed by atoms with Crippen molar-refractivity contribution in [3.8, 4) is 22.5 Å². The third-order valence-electron chi connectivity index (χ3n) is 8.72. The molecule has 0 amide bonds. The lowest BCUT2D eigenvalue weighted by Crippen LogP contribution is -1.96. The van der Waals surface area contributed by atoms with E-state index in [2.05, 4.69) is 101 Å². The van der Waals surface area contributed by atoms with Crippen LogP contribution in [-0.2, 0) is 0 Å². The van der Waals surface area contributed by atoms with E-state index in [4.69, 9.17) is 14.4 Å². The maximum Gasteiger partial charge on any atom is 0.137 e. The van der Waals surface area contributed by atoms with Crippen LogP contribution in [0.1, 0.15) is 0 Å². The van der Waals surface area contributed by atoms with E-state index < -0.39 is 0 Å². The van der Waals surface area contributed by atoms with Crippen LogP contribution in [0, 0.1) is 0 Å². The Kier molecular flexibility index (Phi) is 4.15. The number of hydrogen-bond donors (Lipinski definition) is 0. The van der Waals surface area contributed by atoms with E-state index in [1.54, 1.807) is 0 Å². The largest absolute Gasteiger partial charge is 0.456 e. The number of rotatable bonds is 2. The topological polar surface area (TPSA) is 43.3 Å². The molecule has 194 valence electrons. The Balaban J connectivity index is 1.48. The molecule has 0 aliphatic rings. The normalized spacial score (nSPS) is 12.3. The van der Waals surface area contributed by atoms with Crippen LogP contribution >= 0.6 is 0 Å². The van der Waals surface area contributed by atoms with Gasteiger partial charge < -0.3 is 8.82 Å². The molecule has 4 heterocycles. The van der Waals surface area contributed by atoms with Crippen molar-refractivity contribution in [1.82, 2.24) is 14.4 Å². The summed E-state index contributed by atoms with van der Waals surface area (Å²) >= 11 is 0. The Labute approximate surface area is 239 Å². The van der Waals surface area contributed by atoms with Crippen molar-refractivity contribution in [2.45, 2.75) is 0 Å². The third kappa shape index (κ3) is 2.76. The van der Waals surface area contributed by atoms with E-state index in [0.717, 1.165) is 61.1 Å². The predicted octanol–water partition coefficient (Wildman–Crippen LogP) is 10.0. The van der Waals surface area contributed by atoms with Crippen molar-refractivity contribution < 1.29 is 4.42 Å². The van der Waals surface area contributed by atoms with E-state index >= 15 is 0 Å². The lowest BCUT2D eigenvalue weighted by Gasteiger charge is -2.13. The number of para-hydroxylation sites is 3. The highest BCUT2D eigenvalue weighted by atomic mass is 16.3. The Morgan fingerprint density at radius 1 is 0.452 bits per heavy atom. The number of fused-ring (bicyclic) bond motifs is 6. The van der Waals surface area contributed by atoms with Gasteiger partial charge in [0, 0.05) is 32.7 Å². The van der Waals surface area contributed by atoms with Crippen molar-refractivity contribution in [3.63, 3.8) is 0 Å². The fourth-order valence-corrected chi connectivity index (χ4v) is 7.01. The van der Waals surface area contributed by atoms with E-state index in [9.17, 15) is 0 Å². The predicted molar refractivity (Wildman–Crippen MR) is 172 cm³/mol. The zero-order valence-corrected chi connectivity index (χ0v) is 22.4. The second-order valence-corrected chi connectivity index (χ2v) is 10.9. The van der Waals surface area contributed by atoms with Gasteiger partial charge in [-0.3, -0.25) is 0 Å². The maximum atomic E-state index is 6.38. The summed E-state index contributed by atoms with van der Waals surface area (Å²) in [6.07, 6.45) is 0. The maximum absolute atomic E-state index is 6.38. The molecule has 0 bridgehead atoms. The molecule has 10 aromatic rings. The minimum absolute atomic E-state index is 0.883. The summed E-state index contributed by atoms with van der Waals surface area (Å²) in [7, 11) is 0. The van der Waals surface area contributed by atoms with E-state index in [1.807, 2.05) is 30.3 Å². The van der Waals surface area contributed by atoms with Crippen LogP contribution in [0.4, 0.5) is 0 Å². The van der Waals surface area contributed by atoms with Gasteiger partial charge in [-0.25, -0.2) is 9.97 Å². The highest BCUT2D eigenvalue weighted by Crippen LogP contribution is 2.46. The van der Waals surface area contributed by atoms with E-state index in [0.29, 0.717) is 0 Å². The van der Waals surface area contributed by atoms with Gasteiger partial charge in [0.2, 0.25) is 0 Å². The van der Waals surface area contributed by atoms with Crippen LogP contribution in [0.5, 0.6) is 0 Å². The highest BCUT2D eigenvalue weighted by Gasteiger charge is 2.24. The monoisotopic (exact) mass is 535 g/mol. The van der Waals surface area contributed by atoms with Crippen molar-refractivity contribution in [2.75, 3.05) is 0 Å². The summed E-state index contributed by atoms with van der Waals surface area (Å²) in [5.41, 5.74) is 11.0. The third-order valence-corrected chi connectivity index (χ3v) is 8.72. The summed E-state index contributed by atoms with van der Waals surface area (Å²) < 4.78 is 8.80. The van der Waals surface area contributed by atoms with Gasteiger partial charge in [0.25, 0.3) is 0 Å². The number of benzene rings is 6. The molecule has 0 aliphatic heterocycles. The van der Waals surface area contributed by atoms with Gasteiger partial charge in [-0.15, -0.1) is 0 Å². The Bertz CT molecular complexity index is 2680. The van der Waals surface area contributed by atoms with E-state index in [1.165, 1.54) is 32.4 Å². The Morgan fingerprint density at radius 3 is 1.98 bits per heavy atom. The van der Waals surface area contributed by atoms with Gasteiger partial charge >= 0.3 is 0 Å². The van der Waals surface area contributed by atoms with Crippen LogP contribution < -0.4 is 0 Å². The average Bonchev–Trinajstić information content (AvgIpc) is 3.57. The van der Waals surface area contributed by atoms with Gasteiger partial charge in [0.05, 0.1) is 44.4 Å². The highest BCUT2D eigenvalue weighted by molar-refractivity contribution is 6.31. The fourth-order valence-electron chi connectivity index (χ4n) is 7.01. The van der Waals surface area contributed by atoms with Crippen LogP contribution in [0.2, 0.25) is 0 Å². The first-order chi connectivity index (χ1) is 20.8. The van der Waals surface area contributed by atoms with Crippen molar-refractivity contribution in [3.05, 3.63) is 127 Å². The Morgan fingerprint density at radius 2 is 1.12 bits per heavy atom. The van der Waals surface area contributed by atoms with Crippen LogP contribution in [0.25, 0.3) is 93.6 Å². The van der Waals surface area contributed by atoms with Crippen molar-refractivity contribution >= 4 is 71.1 Å². The zero-order chi connectivity index (χ0) is 27.4. The number of hydrogen-bond acceptors (Lipinski definition) is 3. The van der Waals surface area contributed by atoms with Crippen molar-refractivity contribution in [1.29, 1.82) is 0 Å². The molecular weight excluding hydrogens is 514 g/mol. The summed E-state index contributed by atoms with van der Waals surface area (Å²) in [5, 5.41) is 7.06. The molecule has 0 atom stereocenters. The number of aromatic nitrogens is 3. The number of furan rings is 1. The summed E-state index contributed by atoms with van der Waals surface area (Å²) in [6.45, 7) is 0. The minimum Gasteiger partial charge on any atom is -0.456 e. The summed E-state index contributed by atoms with van der Waals surface area (Å²) in [5.74, 6) is 0. The van der Waals surface area contributed by atoms with Gasteiger partial charge in [0.15, 0.2) is 0 Å². The average molecular weight is 536 g/mol. The van der Waals surface area contributed by atoms with Gasteiger partial charge in [0.1, 0.15) is 11.2 Å². The first kappa shape index (κ1) is 22.0. The summed E-state index contributed by atoms with van der Waals surface area (Å²) in [4.78, 5) is 10.5. The fraction of sp³-hybridized carbons (Fsp3) is 0. The van der Waals surface area contributed by atoms with Gasteiger partial charge in [-0.1, -0.05) is 91.0 Å². The molecule has 0 radical (unpaired) electrons. The van der Waals surface area contributed by atoms with Crippen molar-refractivity contribution in [2.24, 2.45) is 0 Å². The minimum atomic E-state index is 0.883. The molecule has 0 aliphatic carbocycles. The molecule has 0 N–H and O–H groups in total. The molecule has 0 unspecified atom stereocenters. The van der Waals surface area contributed by atoms with Gasteiger partial charge in [-0.2, -0.15) is 0 Å². The molecule has 6 aromatic carbocycles. The smallest absolute Gasteiger partial charge is 0.137 e. The molecule has 0 saturated heterocycles. The summed E-state index contributed by atoms with van der Waals surface area (Å²) in [6, 6.07) is 44.5. The molecule has 0 saturated carbocycles. The number of nitrogens with zero attached hydrogens (tertiary/aromatic N) is 3. The van der Waals surface area contributed by atoms with Gasteiger partial charge in [-0.05, 0) is 41.8 Å².